The molecule has 1 aromatic carbocycles. The van der Waals surface area contributed by atoms with Gasteiger partial charge in [-0.1, -0.05) is 6.07 Å². The number of benzene rings is 1. The maximum Gasteiger partial charge on any atom is 0.240 e. The molecule has 5 heterocycles. The number of ether oxygens (including phenoxy) is 2. The summed E-state index contributed by atoms with van der Waals surface area (Å²) >= 11 is 0. The number of aromatic nitrogens is 2. The van der Waals surface area contributed by atoms with Gasteiger partial charge in [0.25, 0.3) is 0 Å². The summed E-state index contributed by atoms with van der Waals surface area (Å²) in [4.78, 5) is 37.2. The fourth-order valence-corrected chi connectivity index (χ4v) is 6.67. The lowest BCUT2D eigenvalue weighted by Crippen LogP contribution is -2.54. The molecule has 2 aromatic rings. The predicted molar refractivity (Wildman–Crippen MR) is 147 cm³/mol. The van der Waals surface area contributed by atoms with Crippen LogP contribution in [-0.4, -0.2) is 128 Å². The zero-order chi connectivity index (χ0) is 30.2. The minimum Gasteiger partial charge on any atom is -0.388 e. The molecular formula is C29H38F2N6O6. The van der Waals surface area contributed by atoms with Crippen molar-refractivity contribution in [3.05, 3.63) is 53.6 Å². The molecule has 7 atom stereocenters. The highest BCUT2D eigenvalue weighted by Crippen LogP contribution is 2.28. The highest BCUT2D eigenvalue weighted by Gasteiger charge is 2.46. The molecule has 6 rings (SSSR count). The first-order chi connectivity index (χ1) is 20.6. The number of amides is 2. The number of aliphatic hydroxyl groups excluding tert-OH is 2. The highest BCUT2D eigenvalue weighted by atomic mass is 19.2. The summed E-state index contributed by atoms with van der Waals surface area (Å²) in [7, 11) is 1.89. The van der Waals surface area contributed by atoms with Crippen LogP contribution in [-0.2, 0) is 39.2 Å². The smallest absolute Gasteiger partial charge is 0.240 e. The zero-order valence-corrected chi connectivity index (χ0v) is 24.0. The summed E-state index contributed by atoms with van der Waals surface area (Å²) < 4.78 is 41.6. The molecule has 14 heteroatoms. The van der Waals surface area contributed by atoms with Gasteiger partial charge in [-0.2, -0.15) is 0 Å². The van der Waals surface area contributed by atoms with Crippen molar-refractivity contribution in [1.82, 2.24) is 29.6 Å². The van der Waals surface area contributed by atoms with E-state index in [-0.39, 0.29) is 37.4 Å². The van der Waals surface area contributed by atoms with E-state index in [1.165, 1.54) is 6.07 Å². The van der Waals surface area contributed by atoms with Crippen LogP contribution in [0.1, 0.15) is 24.2 Å². The Morgan fingerprint density at radius 3 is 2.63 bits per heavy atom. The monoisotopic (exact) mass is 604 g/mol. The molecule has 43 heavy (non-hydrogen) atoms. The quantitative estimate of drug-likeness (QED) is 0.418. The van der Waals surface area contributed by atoms with Crippen molar-refractivity contribution in [2.24, 2.45) is 7.05 Å². The lowest BCUT2D eigenvalue weighted by molar-refractivity contribution is -0.145. The minimum atomic E-state index is -1.28. The molecule has 12 nitrogen and oxygen atoms in total. The van der Waals surface area contributed by atoms with E-state index in [0.29, 0.717) is 51.3 Å². The fourth-order valence-electron chi connectivity index (χ4n) is 6.67. The summed E-state index contributed by atoms with van der Waals surface area (Å²) in [5.74, 6) is -1.52. The largest absolute Gasteiger partial charge is 0.388 e. The summed E-state index contributed by atoms with van der Waals surface area (Å²) in [6.07, 6.45) is -0.894. The molecule has 4 fully saturated rings. The van der Waals surface area contributed by atoms with Gasteiger partial charge in [0, 0.05) is 64.8 Å². The second kappa shape index (κ2) is 12.5. The lowest BCUT2D eigenvalue weighted by Gasteiger charge is -2.38. The van der Waals surface area contributed by atoms with E-state index in [9.17, 15) is 28.6 Å². The first-order valence-electron chi connectivity index (χ1n) is 14.7. The maximum absolute atomic E-state index is 14.0. The third-order valence-corrected chi connectivity index (χ3v) is 8.91. The zero-order valence-electron chi connectivity index (χ0n) is 24.0. The average Bonchev–Trinajstić information content (AvgIpc) is 3.64. The van der Waals surface area contributed by atoms with E-state index in [0.717, 1.165) is 18.0 Å². The Bertz CT molecular complexity index is 1330. The normalized spacial score (nSPS) is 32.8. The van der Waals surface area contributed by atoms with Crippen LogP contribution in [0.3, 0.4) is 0 Å². The number of halogens is 2. The number of nitrogens with one attached hydrogen (secondary N) is 1. The molecule has 0 saturated carbocycles. The maximum atomic E-state index is 14.0. The lowest BCUT2D eigenvalue weighted by atomic mass is 10.0. The molecule has 234 valence electrons. The van der Waals surface area contributed by atoms with Crippen LogP contribution in [0.15, 0.2) is 30.6 Å². The van der Waals surface area contributed by atoms with Gasteiger partial charge in [0.2, 0.25) is 11.8 Å². The van der Waals surface area contributed by atoms with Crippen molar-refractivity contribution < 1.29 is 38.1 Å². The van der Waals surface area contributed by atoms with Crippen LogP contribution in [0.25, 0.3) is 0 Å². The Kier molecular flexibility index (Phi) is 8.76. The number of carbonyl (C=O) groups is 2. The number of hydrogen-bond acceptors (Lipinski definition) is 9. The number of nitrogens with zero attached hydrogens (tertiary/aromatic N) is 5. The van der Waals surface area contributed by atoms with Gasteiger partial charge in [-0.25, -0.2) is 13.8 Å². The number of morpholine rings is 1. The Morgan fingerprint density at radius 1 is 1.05 bits per heavy atom. The number of carbonyl (C=O) groups excluding carboxylic acids is 2. The molecule has 4 saturated heterocycles. The van der Waals surface area contributed by atoms with E-state index in [4.69, 9.17) is 9.47 Å². The van der Waals surface area contributed by atoms with Gasteiger partial charge < -0.3 is 34.5 Å². The predicted octanol–water partition coefficient (Wildman–Crippen LogP) is -0.620. The Balaban J connectivity index is 1.27. The van der Waals surface area contributed by atoms with Gasteiger partial charge in [0.05, 0.1) is 43.9 Å². The second-order valence-electron chi connectivity index (χ2n) is 12.0. The standard InChI is InChI=1S/C29H38F2N6O6/c1-34-5-4-32-25(34)16-37-12-18-9-22(37)29(41)36-6-7-42-19(14-36)13-35(11-17-2-3-20(30)21(31)8-17)15-24-28(40)27(39)23(43-24)10-26(38)33-18/h2-5,8,18-19,22-24,27-28,39-40H,6-7,9-16H2,1H3,(H,33,38)/t18-,19+,22-,23-,24+,27-,28+/m0/s1. The molecule has 3 N–H and O–H groups in total. The van der Waals surface area contributed by atoms with Crippen molar-refractivity contribution in [2.75, 3.05) is 39.3 Å². The number of hydrogen-bond donors (Lipinski definition) is 3. The van der Waals surface area contributed by atoms with E-state index in [1.54, 1.807) is 11.1 Å². The number of imidazole rings is 1. The van der Waals surface area contributed by atoms with Crippen molar-refractivity contribution >= 4 is 11.8 Å². The van der Waals surface area contributed by atoms with E-state index < -0.39 is 48.2 Å². The Labute approximate surface area is 248 Å². The minimum absolute atomic E-state index is 0.0484. The van der Waals surface area contributed by atoms with E-state index in [2.05, 4.69) is 10.3 Å². The topological polar surface area (TPSA) is 133 Å². The SMILES string of the molecule is Cn1ccnc1CN1C[C@@H]2C[C@H]1C(=O)N1CCO[C@H](CN(Cc3ccc(F)c(F)c3)C[C@H]3O[C@@H](CC(=O)N2)[C@H](O)[C@@H]3O)C1. The van der Waals surface area contributed by atoms with E-state index >= 15 is 0 Å². The van der Waals surface area contributed by atoms with E-state index in [1.807, 2.05) is 27.6 Å². The van der Waals surface area contributed by atoms with Gasteiger partial charge >= 0.3 is 0 Å². The summed E-state index contributed by atoms with van der Waals surface area (Å²) in [6.45, 7) is 2.56. The van der Waals surface area contributed by atoms with Gasteiger partial charge in [0.1, 0.15) is 18.0 Å². The van der Waals surface area contributed by atoms with Crippen LogP contribution >= 0.6 is 0 Å². The molecule has 0 unspecified atom stereocenters. The Hall–Kier alpha value is -3.01. The van der Waals surface area contributed by atoms with Gasteiger partial charge in [0.15, 0.2) is 11.6 Å². The van der Waals surface area contributed by atoms with Crippen molar-refractivity contribution in [3.8, 4) is 0 Å². The first-order valence-corrected chi connectivity index (χ1v) is 14.7. The van der Waals surface area contributed by atoms with Gasteiger partial charge in [-0.05, 0) is 24.1 Å². The third-order valence-electron chi connectivity index (χ3n) is 8.91. The van der Waals surface area contributed by atoms with Crippen LogP contribution < -0.4 is 5.32 Å². The van der Waals surface area contributed by atoms with Crippen molar-refractivity contribution in [3.63, 3.8) is 0 Å². The molecule has 4 aliphatic rings. The number of rotatable bonds is 4. The molecule has 0 spiro atoms. The third kappa shape index (κ3) is 6.59. The van der Waals surface area contributed by atoms with Gasteiger partial charge in [-0.15, -0.1) is 0 Å². The summed E-state index contributed by atoms with van der Waals surface area (Å²) in [5, 5.41) is 24.6. The fraction of sp³-hybridized carbons (Fsp3) is 0.621. The number of likely N-dealkylation sites (tertiary alicyclic amines) is 1. The molecule has 6 bridgehead atoms. The van der Waals surface area contributed by atoms with Crippen LogP contribution in [0.4, 0.5) is 8.78 Å². The van der Waals surface area contributed by atoms with Crippen molar-refractivity contribution in [2.45, 2.75) is 68.5 Å². The van der Waals surface area contributed by atoms with Crippen LogP contribution in [0, 0.1) is 11.6 Å². The molecular weight excluding hydrogens is 566 g/mol. The number of fused-ring (bicyclic) bond motifs is 6. The second-order valence-corrected chi connectivity index (χ2v) is 12.0. The first kappa shape index (κ1) is 30.0. The summed E-state index contributed by atoms with van der Waals surface area (Å²) in [6, 6.07) is 2.88. The highest BCUT2D eigenvalue weighted by molar-refractivity contribution is 5.83. The van der Waals surface area contributed by atoms with Gasteiger partial charge in [-0.3, -0.25) is 19.4 Å². The Morgan fingerprint density at radius 2 is 1.86 bits per heavy atom. The molecule has 0 aliphatic carbocycles. The molecule has 2 amide bonds. The molecule has 0 radical (unpaired) electrons. The number of aliphatic hydroxyl groups is 2. The average molecular weight is 605 g/mol. The molecule has 1 aromatic heterocycles. The number of aryl methyl sites for hydroxylation is 1. The summed E-state index contributed by atoms with van der Waals surface area (Å²) in [5.41, 5.74) is 0.503. The van der Waals surface area contributed by atoms with Crippen LogP contribution in [0.2, 0.25) is 0 Å². The van der Waals surface area contributed by atoms with Crippen LogP contribution in [0.5, 0.6) is 0 Å². The molecule has 4 aliphatic heterocycles. The van der Waals surface area contributed by atoms with Crippen molar-refractivity contribution in [1.29, 1.82) is 0 Å².